The lowest BCUT2D eigenvalue weighted by Crippen LogP contribution is -2.32. The summed E-state index contributed by atoms with van der Waals surface area (Å²) in [6.07, 6.45) is 2.21. The summed E-state index contributed by atoms with van der Waals surface area (Å²) < 4.78 is 9.07. The Hall–Kier alpha value is -4.81. The molecular weight excluding hydrogens is 583 g/mol. The van der Waals surface area contributed by atoms with Gasteiger partial charge in [-0.15, -0.1) is 10.2 Å². The van der Waals surface area contributed by atoms with Gasteiger partial charge in [0.15, 0.2) is 4.34 Å². The lowest BCUT2D eigenvalue weighted by Gasteiger charge is -2.15. The van der Waals surface area contributed by atoms with E-state index in [1.165, 1.54) is 33.6 Å². The molecule has 0 saturated heterocycles. The molecule has 0 saturated carbocycles. The van der Waals surface area contributed by atoms with E-state index in [1.807, 2.05) is 67.6 Å². The maximum absolute atomic E-state index is 13.7. The van der Waals surface area contributed by atoms with E-state index in [0.29, 0.717) is 33.7 Å². The molecular formula is C31H27N7O3S2. The van der Waals surface area contributed by atoms with E-state index >= 15 is 0 Å². The third-order valence-corrected chi connectivity index (χ3v) is 9.04. The number of fused-ring (bicyclic) bond motifs is 2. The number of methoxy groups -OCH3 is 1. The molecule has 0 aliphatic heterocycles. The number of benzene rings is 2. The minimum atomic E-state index is -0.547. The molecule has 0 aliphatic carbocycles. The van der Waals surface area contributed by atoms with Crippen molar-refractivity contribution in [1.29, 1.82) is 5.41 Å². The molecule has 216 valence electrons. The van der Waals surface area contributed by atoms with Crippen LogP contribution in [0.4, 0.5) is 5.13 Å². The highest BCUT2D eigenvalue weighted by atomic mass is 32.2. The third-order valence-electron chi connectivity index (χ3n) is 6.99. The van der Waals surface area contributed by atoms with Gasteiger partial charge in [-0.1, -0.05) is 71.6 Å². The summed E-state index contributed by atoms with van der Waals surface area (Å²) in [7, 11) is 1.61. The zero-order valence-electron chi connectivity index (χ0n) is 23.4. The summed E-state index contributed by atoms with van der Waals surface area (Å²) in [4.78, 5) is 32.0. The van der Waals surface area contributed by atoms with Gasteiger partial charge in [0.25, 0.3) is 11.5 Å². The van der Waals surface area contributed by atoms with E-state index in [1.54, 1.807) is 23.9 Å². The van der Waals surface area contributed by atoms with E-state index in [2.05, 4.69) is 15.5 Å². The van der Waals surface area contributed by atoms with Gasteiger partial charge in [0.05, 0.1) is 18.1 Å². The monoisotopic (exact) mass is 609 g/mol. The SMILES string of the molecule is COc1ccc(CCn2c(=N)c(C(=O)Nc3nnc(SCc4ccccc4)s3)cc3c(=O)n4cccc(C)c4nc32)cc1. The lowest BCUT2D eigenvalue weighted by molar-refractivity contribution is 0.102. The number of amides is 1. The van der Waals surface area contributed by atoms with Crippen molar-refractivity contribution >= 4 is 50.8 Å². The first-order valence-corrected chi connectivity index (χ1v) is 15.3. The van der Waals surface area contributed by atoms with Crippen molar-refractivity contribution in [3.8, 4) is 5.75 Å². The van der Waals surface area contributed by atoms with Gasteiger partial charge in [-0.2, -0.15) is 0 Å². The molecule has 43 heavy (non-hydrogen) atoms. The second kappa shape index (κ2) is 12.2. The van der Waals surface area contributed by atoms with Crippen LogP contribution in [-0.4, -0.2) is 37.2 Å². The second-order valence-electron chi connectivity index (χ2n) is 9.80. The van der Waals surface area contributed by atoms with Crippen molar-refractivity contribution in [2.75, 3.05) is 12.4 Å². The molecule has 0 bridgehead atoms. The number of aryl methyl sites for hydroxylation is 3. The standard InChI is InChI=1S/C31H27N7O3S2/c1-19-7-6-15-38-26(19)33-27-24(29(38)40)17-23(25(32)37(27)16-14-20-10-12-22(41-2)13-11-20)28(39)34-30-35-36-31(43-30)42-18-21-8-4-3-5-9-21/h3-13,15,17,32H,14,16,18H2,1-2H3,(H,34,35,39). The number of thioether (sulfide) groups is 1. The Balaban J connectivity index is 1.35. The van der Waals surface area contributed by atoms with Crippen molar-refractivity contribution in [2.45, 2.75) is 30.0 Å². The molecule has 12 heteroatoms. The van der Waals surface area contributed by atoms with Crippen LogP contribution in [0.3, 0.4) is 0 Å². The van der Waals surface area contributed by atoms with Crippen molar-refractivity contribution in [2.24, 2.45) is 0 Å². The normalized spacial score (nSPS) is 11.2. The van der Waals surface area contributed by atoms with E-state index in [-0.39, 0.29) is 22.0 Å². The van der Waals surface area contributed by atoms with Gasteiger partial charge in [0, 0.05) is 18.5 Å². The topological polar surface area (TPSA) is 127 Å². The fraction of sp³-hybridized carbons (Fsp3) is 0.161. The molecule has 6 aromatic rings. The summed E-state index contributed by atoms with van der Waals surface area (Å²) in [6.45, 7) is 2.21. The number of rotatable bonds is 9. The van der Waals surface area contributed by atoms with Crippen LogP contribution in [0.5, 0.6) is 5.75 Å². The Kier molecular flexibility index (Phi) is 8.03. The molecule has 0 radical (unpaired) electrons. The Morgan fingerprint density at radius 1 is 1.02 bits per heavy atom. The minimum absolute atomic E-state index is 0.0439. The first-order chi connectivity index (χ1) is 20.9. The number of nitrogens with zero attached hydrogens (tertiary/aromatic N) is 5. The molecule has 0 aliphatic rings. The van der Waals surface area contributed by atoms with Gasteiger partial charge in [-0.05, 0) is 54.3 Å². The first-order valence-electron chi connectivity index (χ1n) is 13.5. The van der Waals surface area contributed by atoms with Crippen molar-refractivity contribution < 1.29 is 9.53 Å². The van der Waals surface area contributed by atoms with Gasteiger partial charge in [0.2, 0.25) is 5.13 Å². The Bertz CT molecular complexity index is 2070. The molecule has 4 heterocycles. The van der Waals surface area contributed by atoms with Gasteiger partial charge in [0.1, 0.15) is 22.5 Å². The molecule has 0 spiro atoms. The summed E-state index contributed by atoms with van der Waals surface area (Å²) in [6, 6.07) is 22.8. The minimum Gasteiger partial charge on any atom is -0.497 e. The summed E-state index contributed by atoms with van der Waals surface area (Å²) in [5.41, 5.74) is 3.53. The molecule has 2 N–H and O–H groups in total. The van der Waals surface area contributed by atoms with E-state index in [4.69, 9.17) is 15.1 Å². The van der Waals surface area contributed by atoms with Crippen LogP contribution in [-0.2, 0) is 18.7 Å². The predicted octanol–water partition coefficient (Wildman–Crippen LogP) is 5.08. The highest BCUT2D eigenvalue weighted by Crippen LogP contribution is 2.28. The quantitative estimate of drug-likeness (QED) is 0.133. The number of nitrogens with one attached hydrogen (secondary N) is 2. The number of hydrogen-bond acceptors (Lipinski definition) is 9. The fourth-order valence-corrected chi connectivity index (χ4v) is 6.43. The predicted molar refractivity (Wildman–Crippen MR) is 168 cm³/mol. The molecule has 10 nitrogen and oxygen atoms in total. The zero-order valence-corrected chi connectivity index (χ0v) is 25.0. The maximum Gasteiger partial charge on any atom is 0.267 e. The first kappa shape index (κ1) is 28.3. The fourth-order valence-electron chi connectivity index (χ4n) is 4.72. The molecule has 6 rings (SSSR count). The van der Waals surface area contributed by atoms with Crippen LogP contribution >= 0.6 is 23.1 Å². The van der Waals surface area contributed by atoms with Crippen molar-refractivity contribution in [3.05, 3.63) is 117 Å². The second-order valence-corrected chi connectivity index (χ2v) is 12.0. The summed E-state index contributed by atoms with van der Waals surface area (Å²) >= 11 is 2.79. The van der Waals surface area contributed by atoms with Crippen LogP contribution in [0.2, 0.25) is 0 Å². The van der Waals surface area contributed by atoms with Gasteiger partial charge >= 0.3 is 0 Å². The number of ether oxygens (including phenoxy) is 1. The van der Waals surface area contributed by atoms with Crippen LogP contribution in [0.15, 0.2) is 88.1 Å². The van der Waals surface area contributed by atoms with Crippen molar-refractivity contribution in [1.82, 2.24) is 24.1 Å². The average molecular weight is 610 g/mol. The lowest BCUT2D eigenvalue weighted by atomic mass is 10.1. The average Bonchev–Trinajstić information content (AvgIpc) is 3.48. The number of hydrogen-bond donors (Lipinski definition) is 2. The van der Waals surface area contributed by atoms with E-state index in [0.717, 1.165) is 28.2 Å². The van der Waals surface area contributed by atoms with Gasteiger partial charge in [-0.3, -0.25) is 24.7 Å². The van der Waals surface area contributed by atoms with Gasteiger partial charge in [-0.25, -0.2) is 4.98 Å². The molecule has 1 amide bonds. The summed E-state index contributed by atoms with van der Waals surface area (Å²) in [5.74, 6) is 0.926. The molecule has 0 atom stereocenters. The van der Waals surface area contributed by atoms with Crippen LogP contribution < -0.4 is 21.1 Å². The highest BCUT2D eigenvalue weighted by molar-refractivity contribution is 8.00. The van der Waals surface area contributed by atoms with Crippen LogP contribution in [0.25, 0.3) is 16.7 Å². The molecule has 4 aromatic heterocycles. The van der Waals surface area contributed by atoms with Crippen LogP contribution in [0, 0.1) is 12.3 Å². The Morgan fingerprint density at radius 2 is 1.81 bits per heavy atom. The van der Waals surface area contributed by atoms with E-state index < -0.39 is 5.91 Å². The number of aromatic nitrogens is 5. The number of carbonyl (C=O) groups is 1. The number of carbonyl (C=O) groups excluding carboxylic acids is 1. The Labute approximate surface area is 254 Å². The molecule has 0 fully saturated rings. The smallest absolute Gasteiger partial charge is 0.267 e. The number of anilines is 1. The maximum atomic E-state index is 13.7. The van der Waals surface area contributed by atoms with Gasteiger partial charge < -0.3 is 9.30 Å². The zero-order chi connectivity index (χ0) is 29.9. The van der Waals surface area contributed by atoms with Crippen molar-refractivity contribution in [3.63, 3.8) is 0 Å². The number of pyridine rings is 2. The van der Waals surface area contributed by atoms with Crippen LogP contribution in [0.1, 0.15) is 27.0 Å². The van der Waals surface area contributed by atoms with E-state index in [9.17, 15) is 9.59 Å². The Morgan fingerprint density at radius 3 is 2.58 bits per heavy atom. The summed E-state index contributed by atoms with van der Waals surface area (Å²) in [5, 5.41) is 20.7. The highest BCUT2D eigenvalue weighted by Gasteiger charge is 2.19. The third kappa shape index (κ3) is 5.92. The molecule has 2 aromatic carbocycles. The largest absolute Gasteiger partial charge is 0.497 e. The molecule has 0 unspecified atom stereocenters.